The zero-order valence-electron chi connectivity index (χ0n) is 15.7. The molecule has 2 aliphatic heterocycles. The first-order valence-electron chi connectivity index (χ1n) is 9.36. The van der Waals surface area contributed by atoms with Gasteiger partial charge in [0.1, 0.15) is 13.2 Å². The topological polar surface area (TPSA) is 89.1 Å². The maximum atomic E-state index is 12.1. The number of rotatable bonds is 6. The fraction of sp³-hybridized carbons (Fsp3) is 0.579. The molecule has 1 aromatic rings. The minimum absolute atomic E-state index is 0.398. The van der Waals surface area contributed by atoms with Gasteiger partial charge in [-0.1, -0.05) is 0 Å². The van der Waals surface area contributed by atoms with Crippen molar-refractivity contribution in [2.24, 2.45) is 5.92 Å². The second kappa shape index (κ2) is 9.57. The Morgan fingerprint density at radius 1 is 1.15 bits per heavy atom. The Morgan fingerprint density at radius 3 is 2.63 bits per heavy atom. The summed E-state index contributed by atoms with van der Waals surface area (Å²) in [6.45, 7) is 5.16. The van der Waals surface area contributed by atoms with Crippen molar-refractivity contribution in [1.29, 1.82) is 0 Å². The van der Waals surface area contributed by atoms with E-state index in [1.807, 2.05) is 0 Å². The van der Waals surface area contributed by atoms with Crippen LogP contribution in [-0.2, 0) is 14.3 Å². The minimum atomic E-state index is -0.677. The standard InChI is InChI=1S/C19H27N3O5/c1-25-9-8-22-6-4-14(5-7-22)13-20-18(23)19(24)21-15-2-3-16-17(12-15)27-11-10-26-16/h2-3,12,14H,4-11,13H2,1H3,(H,20,23)(H,21,24). The lowest BCUT2D eigenvalue weighted by Crippen LogP contribution is -2.42. The number of methoxy groups -OCH3 is 1. The van der Waals surface area contributed by atoms with Crippen LogP contribution in [0.3, 0.4) is 0 Å². The molecule has 0 atom stereocenters. The second-order valence-electron chi connectivity index (χ2n) is 6.80. The number of anilines is 1. The van der Waals surface area contributed by atoms with E-state index in [0.29, 0.717) is 42.9 Å². The van der Waals surface area contributed by atoms with E-state index in [0.717, 1.165) is 39.1 Å². The van der Waals surface area contributed by atoms with E-state index in [1.54, 1.807) is 25.3 Å². The normalized spacial score (nSPS) is 17.4. The first-order chi connectivity index (χ1) is 13.2. The molecule has 0 bridgehead atoms. The van der Waals surface area contributed by atoms with Crippen LogP contribution in [0.15, 0.2) is 18.2 Å². The van der Waals surface area contributed by atoms with Gasteiger partial charge in [0, 0.05) is 32.0 Å². The molecule has 2 N–H and O–H groups in total. The molecule has 0 unspecified atom stereocenters. The lowest BCUT2D eigenvalue weighted by atomic mass is 9.97. The SMILES string of the molecule is COCCN1CCC(CNC(=O)C(=O)Nc2ccc3c(c2)OCCO3)CC1. The van der Waals surface area contributed by atoms with Gasteiger partial charge in [0.05, 0.1) is 6.61 Å². The summed E-state index contributed by atoms with van der Waals surface area (Å²) in [7, 11) is 1.71. The summed E-state index contributed by atoms with van der Waals surface area (Å²) in [5.41, 5.74) is 0.505. The Labute approximate surface area is 159 Å². The zero-order chi connectivity index (χ0) is 19.1. The van der Waals surface area contributed by atoms with E-state index in [-0.39, 0.29) is 0 Å². The van der Waals surface area contributed by atoms with Gasteiger partial charge in [-0.25, -0.2) is 0 Å². The first-order valence-corrected chi connectivity index (χ1v) is 9.36. The monoisotopic (exact) mass is 377 g/mol. The van der Waals surface area contributed by atoms with Crippen molar-refractivity contribution in [2.45, 2.75) is 12.8 Å². The van der Waals surface area contributed by atoms with Crippen molar-refractivity contribution >= 4 is 17.5 Å². The summed E-state index contributed by atoms with van der Waals surface area (Å²) < 4.78 is 16.0. The van der Waals surface area contributed by atoms with Crippen LogP contribution in [0.1, 0.15) is 12.8 Å². The molecule has 3 rings (SSSR count). The van der Waals surface area contributed by atoms with Crippen LogP contribution in [0.2, 0.25) is 0 Å². The lowest BCUT2D eigenvalue weighted by Gasteiger charge is -2.31. The maximum absolute atomic E-state index is 12.1. The number of hydrogen-bond donors (Lipinski definition) is 2. The van der Waals surface area contributed by atoms with Crippen LogP contribution in [-0.4, -0.2) is 69.8 Å². The van der Waals surface area contributed by atoms with Crippen LogP contribution in [0.5, 0.6) is 11.5 Å². The van der Waals surface area contributed by atoms with Crippen LogP contribution in [0.4, 0.5) is 5.69 Å². The predicted molar refractivity (Wildman–Crippen MR) is 100 cm³/mol. The number of benzene rings is 1. The van der Waals surface area contributed by atoms with Crippen molar-refractivity contribution in [1.82, 2.24) is 10.2 Å². The van der Waals surface area contributed by atoms with Gasteiger partial charge >= 0.3 is 11.8 Å². The summed E-state index contributed by atoms with van der Waals surface area (Å²) in [5, 5.41) is 5.34. The molecular weight excluding hydrogens is 350 g/mol. The third-order valence-electron chi connectivity index (χ3n) is 4.88. The van der Waals surface area contributed by atoms with Gasteiger partial charge in [-0.05, 0) is 44.0 Å². The quantitative estimate of drug-likeness (QED) is 0.715. The number of carbonyl (C=O) groups excluding carboxylic acids is 2. The summed E-state index contributed by atoms with van der Waals surface area (Å²) in [5.74, 6) is 0.311. The highest BCUT2D eigenvalue weighted by atomic mass is 16.6. The van der Waals surface area contributed by atoms with Gasteiger partial charge in [-0.2, -0.15) is 0 Å². The van der Waals surface area contributed by atoms with Crippen molar-refractivity contribution in [3.05, 3.63) is 18.2 Å². The molecule has 0 saturated carbocycles. The van der Waals surface area contributed by atoms with Crippen molar-refractivity contribution in [3.63, 3.8) is 0 Å². The minimum Gasteiger partial charge on any atom is -0.486 e. The summed E-state index contributed by atoms with van der Waals surface area (Å²) in [6, 6.07) is 5.07. The number of nitrogens with one attached hydrogen (secondary N) is 2. The van der Waals surface area contributed by atoms with Gasteiger partial charge < -0.3 is 29.7 Å². The Hall–Kier alpha value is -2.32. The van der Waals surface area contributed by atoms with E-state index < -0.39 is 11.8 Å². The number of amides is 2. The lowest BCUT2D eigenvalue weighted by molar-refractivity contribution is -0.136. The number of carbonyl (C=O) groups is 2. The fourth-order valence-electron chi connectivity index (χ4n) is 3.26. The summed E-state index contributed by atoms with van der Waals surface area (Å²) >= 11 is 0. The molecule has 8 nitrogen and oxygen atoms in total. The van der Waals surface area contributed by atoms with Gasteiger partial charge in [0.25, 0.3) is 0 Å². The molecular formula is C19H27N3O5. The number of hydrogen-bond acceptors (Lipinski definition) is 6. The number of nitrogens with zero attached hydrogens (tertiary/aromatic N) is 1. The van der Waals surface area contributed by atoms with Gasteiger partial charge in [0.2, 0.25) is 0 Å². The summed E-state index contributed by atoms with van der Waals surface area (Å²) in [6.07, 6.45) is 2.02. The average molecular weight is 377 g/mol. The second-order valence-corrected chi connectivity index (χ2v) is 6.80. The van der Waals surface area contributed by atoms with E-state index in [4.69, 9.17) is 14.2 Å². The Kier molecular flexibility index (Phi) is 6.89. The number of likely N-dealkylation sites (tertiary alicyclic amines) is 1. The average Bonchev–Trinajstić information content (AvgIpc) is 2.71. The van der Waals surface area contributed by atoms with Gasteiger partial charge in [0.15, 0.2) is 11.5 Å². The molecule has 148 valence electrons. The zero-order valence-corrected chi connectivity index (χ0v) is 15.7. The smallest absolute Gasteiger partial charge is 0.313 e. The molecule has 8 heteroatoms. The Balaban J connectivity index is 1.40. The molecule has 2 heterocycles. The highest BCUT2D eigenvalue weighted by Gasteiger charge is 2.21. The van der Waals surface area contributed by atoms with E-state index >= 15 is 0 Å². The van der Waals surface area contributed by atoms with E-state index in [9.17, 15) is 9.59 Å². The third kappa shape index (κ3) is 5.58. The molecule has 0 aromatic heterocycles. The molecule has 1 saturated heterocycles. The van der Waals surface area contributed by atoms with Crippen molar-refractivity contribution in [3.8, 4) is 11.5 Å². The molecule has 2 aliphatic rings. The number of fused-ring (bicyclic) bond motifs is 1. The van der Waals surface area contributed by atoms with Crippen LogP contribution in [0, 0.1) is 5.92 Å². The van der Waals surface area contributed by atoms with Gasteiger partial charge in [-0.3, -0.25) is 9.59 Å². The van der Waals surface area contributed by atoms with Crippen LogP contribution >= 0.6 is 0 Å². The van der Waals surface area contributed by atoms with Crippen LogP contribution in [0.25, 0.3) is 0 Å². The van der Waals surface area contributed by atoms with Crippen LogP contribution < -0.4 is 20.1 Å². The molecule has 1 fully saturated rings. The Morgan fingerprint density at radius 2 is 1.89 bits per heavy atom. The number of ether oxygens (including phenoxy) is 3. The highest BCUT2D eigenvalue weighted by molar-refractivity contribution is 6.39. The maximum Gasteiger partial charge on any atom is 0.313 e. The highest BCUT2D eigenvalue weighted by Crippen LogP contribution is 2.32. The van der Waals surface area contributed by atoms with E-state index in [1.165, 1.54) is 0 Å². The molecule has 27 heavy (non-hydrogen) atoms. The third-order valence-corrected chi connectivity index (χ3v) is 4.88. The van der Waals surface area contributed by atoms with Crippen molar-refractivity contribution < 1.29 is 23.8 Å². The Bertz CT molecular complexity index is 659. The molecule has 1 aromatic carbocycles. The van der Waals surface area contributed by atoms with Gasteiger partial charge in [-0.15, -0.1) is 0 Å². The first kappa shape index (κ1) is 19.4. The fourth-order valence-corrected chi connectivity index (χ4v) is 3.26. The predicted octanol–water partition coefficient (Wildman–Crippen LogP) is 0.871. The molecule has 2 amide bonds. The molecule has 0 aliphatic carbocycles. The summed E-state index contributed by atoms with van der Waals surface area (Å²) in [4.78, 5) is 26.5. The van der Waals surface area contributed by atoms with E-state index in [2.05, 4.69) is 15.5 Å². The molecule has 0 spiro atoms. The van der Waals surface area contributed by atoms with Crippen molar-refractivity contribution in [2.75, 3.05) is 58.4 Å². The number of piperidine rings is 1. The largest absolute Gasteiger partial charge is 0.486 e. The molecule has 0 radical (unpaired) electrons.